The summed E-state index contributed by atoms with van der Waals surface area (Å²) in [7, 11) is 1.62. The quantitative estimate of drug-likeness (QED) is 0.557. The van der Waals surface area contributed by atoms with Gasteiger partial charge in [0.15, 0.2) is 0 Å². The van der Waals surface area contributed by atoms with Crippen molar-refractivity contribution in [1.82, 2.24) is 0 Å². The fourth-order valence-corrected chi connectivity index (χ4v) is 3.21. The summed E-state index contributed by atoms with van der Waals surface area (Å²) in [6.07, 6.45) is 1.47. The Morgan fingerprint density at radius 2 is 1.74 bits per heavy atom. The molecule has 0 radical (unpaired) electrons. The summed E-state index contributed by atoms with van der Waals surface area (Å²) in [5.74, 6) is 1.31. The molecule has 6 nitrogen and oxygen atoms in total. The molecule has 0 bridgehead atoms. The fourth-order valence-electron chi connectivity index (χ4n) is 3.21. The van der Waals surface area contributed by atoms with Gasteiger partial charge in [-0.15, -0.1) is 0 Å². The van der Waals surface area contributed by atoms with Crippen LogP contribution < -0.4 is 19.3 Å². The maximum Gasteiger partial charge on any atom is 0.231 e. The van der Waals surface area contributed by atoms with Gasteiger partial charge < -0.3 is 19.3 Å². The third-order valence-electron chi connectivity index (χ3n) is 4.62. The molecule has 142 valence electrons. The lowest BCUT2D eigenvalue weighted by molar-refractivity contribution is -0.121. The van der Waals surface area contributed by atoms with Gasteiger partial charge in [0.25, 0.3) is 0 Å². The van der Waals surface area contributed by atoms with Gasteiger partial charge in [0.05, 0.1) is 31.0 Å². The van der Waals surface area contributed by atoms with Crippen molar-refractivity contribution in [3.8, 4) is 11.5 Å². The number of amides is 2. The lowest BCUT2D eigenvalue weighted by Crippen LogP contribution is -2.37. The Morgan fingerprint density at radius 3 is 2.41 bits per heavy atom. The van der Waals surface area contributed by atoms with Gasteiger partial charge in [0, 0.05) is 13.1 Å². The van der Waals surface area contributed by atoms with Crippen molar-refractivity contribution in [2.75, 3.05) is 36.6 Å². The van der Waals surface area contributed by atoms with Gasteiger partial charge in [-0.05, 0) is 42.8 Å². The molecule has 0 N–H and O–H groups in total. The molecular formula is C21H24N2O4. The van der Waals surface area contributed by atoms with Gasteiger partial charge >= 0.3 is 0 Å². The first-order valence-corrected chi connectivity index (χ1v) is 9.03. The molecule has 27 heavy (non-hydrogen) atoms. The SMILES string of the molecule is COc1ccc(OCCCN2C(=O)C(C)CN(C=O)c3ccccc32)cc1. The van der Waals surface area contributed by atoms with Crippen LogP contribution in [0.15, 0.2) is 48.5 Å². The smallest absolute Gasteiger partial charge is 0.231 e. The van der Waals surface area contributed by atoms with Gasteiger partial charge in [-0.1, -0.05) is 19.1 Å². The average Bonchev–Trinajstić information content (AvgIpc) is 2.81. The second-order valence-corrected chi connectivity index (χ2v) is 6.51. The molecule has 1 aliphatic rings. The Balaban J connectivity index is 1.66. The highest BCUT2D eigenvalue weighted by atomic mass is 16.5. The van der Waals surface area contributed by atoms with E-state index in [1.54, 1.807) is 16.9 Å². The average molecular weight is 368 g/mol. The van der Waals surface area contributed by atoms with Gasteiger partial charge in [-0.25, -0.2) is 0 Å². The van der Waals surface area contributed by atoms with Crippen LogP contribution in [0, 0.1) is 5.92 Å². The number of anilines is 2. The van der Waals surface area contributed by atoms with Crippen LogP contribution >= 0.6 is 0 Å². The number of benzene rings is 2. The van der Waals surface area contributed by atoms with Crippen molar-refractivity contribution >= 4 is 23.7 Å². The summed E-state index contributed by atoms with van der Waals surface area (Å²) in [4.78, 5) is 27.7. The second-order valence-electron chi connectivity index (χ2n) is 6.51. The fraction of sp³-hybridized carbons (Fsp3) is 0.333. The van der Waals surface area contributed by atoms with E-state index in [9.17, 15) is 9.59 Å². The molecule has 2 amide bonds. The van der Waals surface area contributed by atoms with Crippen LogP contribution in [-0.2, 0) is 9.59 Å². The number of methoxy groups -OCH3 is 1. The Labute approximate surface area is 159 Å². The summed E-state index contributed by atoms with van der Waals surface area (Å²) in [5.41, 5.74) is 1.53. The van der Waals surface area contributed by atoms with Crippen molar-refractivity contribution in [3.05, 3.63) is 48.5 Å². The predicted octanol–water partition coefficient (Wildman–Crippen LogP) is 3.11. The summed E-state index contributed by atoms with van der Waals surface area (Å²) in [5, 5.41) is 0. The van der Waals surface area contributed by atoms with Crippen molar-refractivity contribution in [3.63, 3.8) is 0 Å². The van der Waals surface area contributed by atoms with Crippen LogP contribution in [0.25, 0.3) is 0 Å². The molecule has 0 spiro atoms. The van der Waals surface area contributed by atoms with Crippen molar-refractivity contribution < 1.29 is 19.1 Å². The number of fused-ring (bicyclic) bond motifs is 1. The summed E-state index contributed by atoms with van der Waals surface area (Å²) < 4.78 is 10.9. The number of ether oxygens (including phenoxy) is 2. The normalized spacial score (nSPS) is 16.5. The lowest BCUT2D eigenvalue weighted by Gasteiger charge is -2.24. The van der Waals surface area contributed by atoms with Gasteiger partial charge in [-0.2, -0.15) is 0 Å². The third-order valence-corrected chi connectivity index (χ3v) is 4.62. The highest BCUT2D eigenvalue weighted by Crippen LogP contribution is 2.33. The maximum atomic E-state index is 12.8. The molecule has 6 heteroatoms. The molecular weight excluding hydrogens is 344 g/mol. The Kier molecular flexibility index (Phi) is 5.96. The maximum absolute atomic E-state index is 12.8. The minimum atomic E-state index is -0.259. The molecule has 3 rings (SSSR count). The molecule has 0 aliphatic carbocycles. The highest BCUT2D eigenvalue weighted by Gasteiger charge is 2.30. The molecule has 2 aromatic rings. The Morgan fingerprint density at radius 1 is 1.07 bits per heavy atom. The minimum absolute atomic E-state index is 0.0243. The summed E-state index contributed by atoms with van der Waals surface area (Å²) >= 11 is 0. The number of carbonyl (C=O) groups excluding carboxylic acids is 2. The molecule has 0 saturated carbocycles. The first-order chi connectivity index (χ1) is 13.1. The zero-order valence-corrected chi connectivity index (χ0v) is 15.6. The summed E-state index contributed by atoms with van der Waals surface area (Å²) in [6.45, 7) is 3.26. The molecule has 1 atom stereocenters. The van der Waals surface area contributed by atoms with E-state index in [0.717, 1.165) is 29.3 Å². The summed E-state index contributed by atoms with van der Waals surface area (Å²) in [6, 6.07) is 14.9. The molecule has 0 aromatic heterocycles. The zero-order chi connectivity index (χ0) is 19.2. The molecule has 0 saturated heterocycles. The van der Waals surface area contributed by atoms with Crippen LogP contribution in [-0.4, -0.2) is 39.1 Å². The van der Waals surface area contributed by atoms with Crippen LogP contribution in [0.4, 0.5) is 11.4 Å². The number of nitrogens with zero attached hydrogens (tertiary/aromatic N) is 2. The van der Waals surface area contributed by atoms with Crippen LogP contribution in [0.5, 0.6) is 11.5 Å². The number of hydrogen-bond acceptors (Lipinski definition) is 4. The highest BCUT2D eigenvalue weighted by molar-refractivity contribution is 6.02. The zero-order valence-electron chi connectivity index (χ0n) is 15.6. The minimum Gasteiger partial charge on any atom is -0.497 e. The van der Waals surface area contributed by atoms with Crippen molar-refractivity contribution in [2.24, 2.45) is 5.92 Å². The monoisotopic (exact) mass is 368 g/mol. The molecule has 1 heterocycles. The van der Waals surface area contributed by atoms with E-state index < -0.39 is 0 Å². The number of rotatable bonds is 7. The molecule has 0 fully saturated rings. The van der Waals surface area contributed by atoms with E-state index in [-0.39, 0.29) is 11.8 Å². The topological polar surface area (TPSA) is 59.1 Å². The van der Waals surface area contributed by atoms with Crippen LogP contribution in [0.2, 0.25) is 0 Å². The Hall–Kier alpha value is -3.02. The predicted molar refractivity (Wildman–Crippen MR) is 104 cm³/mol. The van der Waals surface area contributed by atoms with Crippen molar-refractivity contribution in [2.45, 2.75) is 13.3 Å². The standard InChI is InChI=1S/C21H24N2O4/c1-16-14-22(15-24)19-6-3-4-7-20(19)23(21(16)25)12-5-13-27-18-10-8-17(26-2)9-11-18/h3-4,6-11,15-16H,5,12-14H2,1-2H3. The molecule has 2 aromatic carbocycles. The van der Waals surface area contributed by atoms with Gasteiger partial charge in [0.1, 0.15) is 11.5 Å². The number of carbonyl (C=O) groups is 2. The van der Waals surface area contributed by atoms with E-state index in [2.05, 4.69) is 0 Å². The second kappa shape index (κ2) is 8.58. The first-order valence-electron chi connectivity index (χ1n) is 9.03. The largest absolute Gasteiger partial charge is 0.497 e. The van der Waals surface area contributed by atoms with E-state index in [0.29, 0.717) is 26.1 Å². The third kappa shape index (κ3) is 4.22. The first kappa shape index (κ1) is 18.8. The van der Waals surface area contributed by atoms with E-state index in [4.69, 9.17) is 9.47 Å². The van der Waals surface area contributed by atoms with E-state index in [1.165, 1.54) is 0 Å². The van der Waals surface area contributed by atoms with Crippen LogP contribution in [0.1, 0.15) is 13.3 Å². The molecule has 1 unspecified atom stereocenters. The van der Waals surface area contributed by atoms with E-state index in [1.807, 2.05) is 55.5 Å². The van der Waals surface area contributed by atoms with Crippen molar-refractivity contribution in [1.29, 1.82) is 0 Å². The van der Waals surface area contributed by atoms with E-state index >= 15 is 0 Å². The lowest BCUT2D eigenvalue weighted by atomic mass is 10.1. The number of para-hydroxylation sites is 2. The van der Waals surface area contributed by atoms with Gasteiger partial charge in [0.2, 0.25) is 12.3 Å². The molecule has 1 aliphatic heterocycles. The van der Waals surface area contributed by atoms with Crippen LogP contribution in [0.3, 0.4) is 0 Å². The Bertz CT molecular complexity index is 791. The van der Waals surface area contributed by atoms with Gasteiger partial charge in [-0.3, -0.25) is 9.59 Å². The number of hydrogen-bond donors (Lipinski definition) is 0.